The SMILES string of the molecule is CC.CC.CC=CCCCNCCCC.CCC.CCC=CCCCNCC.CCC=CCCCNCCC.CCC=CCCCNCCCC.CCCC.CCCC.CCCCC.CCCCNCCCC=CO.CCCCO.CCCO.CCO. The van der Waals surface area contributed by atoms with E-state index in [1.54, 1.807) is 13.0 Å². The molecule has 0 saturated carbocycles. The first kappa shape index (κ1) is 119. The molecule has 0 saturated heterocycles. The Labute approximate surface area is 555 Å². The summed E-state index contributed by atoms with van der Waals surface area (Å²) in [5, 5.41) is 48.7. The van der Waals surface area contributed by atoms with E-state index >= 15 is 0 Å². The van der Waals surface area contributed by atoms with E-state index in [1.165, 1.54) is 200 Å². The summed E-state index contributed by atoms with van der Waals surface area (Å²) in [6.45, 7) is 63.0. The zero-order chi connectivity index (χ0) is 69.7. The Hall–Kier alpha value is -1.82. The number of rotatable bonds is 42. The van der Waals surface area contributed by atoms with Crippen molar-refractivity contribution < 1.29 is 20.4 Å². The minimum atomic E-state index is 0.250. The van der Waals surface area contributed by atoms with Crippen molar-refractivity contribution in [2.75, 3.05) is 85.3 Å². The highest BCUT2D eigenvalue weighted by Gasteiger charge is 1.88. The molecule has 0 aliphatic carbocycles. The average Bonchev–Trinajstić information content (AvgIpc) is 3.55. The number of aliphatic hydroxyl groups excluding tert-OH is 4. The Balaban J connectivity index is -0.0000000569. The maximum atomic E-state index is 8.31. The van der Waals surface area contributed by atoms with E-state index < -0.39 is 0 Å². The van der Waals surface area contributed by atoms with E-state index in [9.17, 15) is 0 Å². The lowest BCUT2D eigenvalue weighted by molar-refractivity contribution is 0.287. The lowest BCUT2D eigenvalue weighted by atomic mass is 10.2. The molecule has 0 radical (unpaired) electrons. The van der Waals surface area contributed by atoms with Crippen LogP contribution in [0, 0.1) is 0 Å². The molecule has 0 rings (SSSR count). The van der Waals surface area contributed by atoms with Gasteiger partial charge in [0, 0.05) is 19.8 Å². The summed E-state index contributed by atoms with van der Waals surface area (Å²) < 4.78 is 0. The van der Waals surface area contributed by atoms with Gasteiger partial charge in [0.25, 0.3) is 0 Å². The number of aliphatic hydroxyl groups is 4. The van der Waals surface area contributed by atoms with Crippen molar-refractivity contribution in [3.8, 4) is 0 Å². The van der Waals surface area contributed by atoms with E-state index in [1.807, 2.05) is 34.6 Å². The molecule has 9 heteroatoms. The molecule has 9 N–H and O–H groups in total. The summed E-state index contributed by atoms with van der Waals surface area (Å²) in [5.41, 5.74) is 0. The molecule has 9 nitrogen and oxygen atoms in total. The summed E-state index contributed by atoms with van der Waals surface area (Å²) in [4.78, 5) is 0. The molecule has 0 spiro atoms. The van der Waals surface area contributed by atoms with Gasteiger partial charge in [-0.2, -0.15) is 0 Å². The Bertz CT molecular complexity index is 898. The van der Waals surface area contributed by atoms with Gasteiger partial charge in [-0.15, -0.1) is 0 Å². The molecule has 0 amide bonds. The van der Waals surface area contributed by atoms with Crippen LogP contribution in [-0.4, -0.2) is 106 Å². The molecule has 87 heavy (non-hydrogen) atoms. The van der Waals surface area contributed by atoms with Crippen LogP contribution in [-0.2, 0) is 0 Å². The quantitative estimate of drug-likeness (QED) is 0.0166. The first-order valence-electron chi connectivity index (χ1n) is 37.7. The van der Waals surface area contributed by atoms with Gasteiger partial charge >= 0.3 is 0 Å². The summed E-state index contributed by atoms with van der Waals surface area (Å²) in [6.07, 6.45) is 58.8. The fraction of sp³-hybridized carbons (Fsp3) is 0.872. The van der Waals surface area contributed by atoms with Crippen LogP contribution in [0.15, 0.2) is 60.9 Å². The summed E-state index contributed by atoms with van der Waals surface area (Å²) in [5.74, 6) is 0. The van der Waals surface area contributed by atoms with Gasteiger partial charge in [0.1, 0.15) is 0 Å². The van der Waals surface area contributed by atoms with Crippen LogP contribution in [0.2, 0.25) is 0 Å². The predicted molar refractivity (Wildman–Crippen MR) is 413 cm³/mol. The third-order valence-corrected chi connectivity index (χ3v) is 10.4. The second-order valence-corrected chi connectivity index (χ2v) is 19.9. The monoisotopic (exact) mass is 1250 g/mol. The first-order valence-corrected chi connectivity index (χ1v) is 37.7. The molecule has 0 bridgehead atoms. The first-order chi connectivity index (χ1) is 42.5. The molecule has 0 aromatic heterocycles. The fourth-order valence-corrected chi connectivity index (χ4v) is 5.09. The Morgan fingerprint density at radius 2 is 0.517 bits per heavy atom. The molecule has 540 valence electrons. The van der Waals surface area contributed by atoms with E-state index in [0.29, 0.717) is 13.2 Å². The van der Waals surface area contributed by atoms with Gasteiger partial charge in [-0.05, 0) is 201 Å². The molecule has 0 aromatic rings. The maximum Gasteiger partial charge on any atom is 0.0751 e. The van der Waals surface area contributed by atoms with Gasteiger partial charge < -0.3 is 47.0 Å². The number of hydrogen-bond acceptors (Lipinski definition) is 9. The second kappa shape index (κ2) is 178. The third kappa shape index (κ3) is 279. The molecule has 0 aliphatic heterocycles. The number of hydrogen-bond donors (Lipinski definition) is 9. The molecule has 0 aliphatic rings. The van der Waals surface area contributed by atoms with Crippen molar-refractivity contribution >= 4 is 0 Å². The van der Waals surface area contributed by atoms with Crippen molar-refractivity contribution in [3.05, 3.63) is 60.9 Å². The molecule has 0 heterocycles. The van der Waals surface area contributed by atoms with Gasteiger partial charge in [-0.25, -0.2) is 0 Å². The van der Waals surface area contributed by atoms with Gasteiger partial charge in [-0.1, -0.05) is 284 Å². The van der Waals surface area contributed by atoms with E-state index in [0.717, 1.165) is 71.1 Å². The molecular weight excluding hydrogens is 1070 g/mol. The highest BCUT2D eigenvalue weighted by molar-refractivity contribution is 4.81. The molecule has 0 atom stereocenters. The van der Waals surface area contributed by atoms with E-state index in [2.05, 4.69) is 200 Å². The second-order valence-electron chi connectivity index (χ2n) is 19.9. The maximum absolute atomic E-state index is 8.31. The topological polar surface area (TPSA) is 141 Å². The van der Waals surface area contributed by atoms with Gasteiger partial charge in [-0.3, -0.25) is 0 Å². The van der Waals surface area contributed by atoms with Crippen LogP contribution in [0.5, 0.6) is 0 Å². The highest BCUT2D eigenvalue weighted by Crippen LogP contribution is 1.94. The number of nitrogens with one attached hydrogen (secondary N) is 5. The largest absolute Gasteiger partial charge is 0.516 e. The van der Waals surface area contributed by atoms with Crippen molar-refractivity contribution in [2.45, 2.75) is 365 Å². The Morgan fingerprint density at radius 3 is 0.701 bits per heavy atom. The van der Waals surface area contributed by atoms with Crippen LogP contribution >= 0.6 is 0 Å². The molecular formula is C78H179N5O4. The third-order valence-electron chi connectivity index (χ3n) is 10.4. The fourth-order valence-electron chi connectivity index (χ4n) is 5.09. The van der Waals surface area contributed by atoms with Crippen molar-refractivity contribution in [3.63, 3.8) is 0 Å². The van der Waals surface area contributed by atoms with Crippen LogP contribution < -0.4 is 26.6 Å². The minimum absolute atomic E-state index is 0.250. The lowest BCUT2D eigenvalue weighted by Crippen LogP contribution is -2.16. The van der Waals surface area contributed by atoms with Gasteiger partial charge in [0.15, 0.2) is 0 Å². The van der Waals surface area contributed by atoms with Crippen molar-refractivity contribution in [1.82, 2.24) is 26.6 Å². The summed E-state index contributed by atoms with van der Waals surface area (Å²) in [6, 6.07) is 0. The standard InChI is InChI=1S/C11H23N.2C10H21N.C9H19NO.C9H19N.C5H12.C4H10O.2C4H10.C3H8O.C3H8.C2H6O.2C2H6/c1-3-5-7-8-9-11-12-10-6-4-2;1-3-5-6-7-8-10-11-9-4-2;1-3-5-7-8-10-11-9-6-4-2;1-2-3-7-10-8-5-4-6-9-11;1-3-5-6-7-8-9-10-4-2;1-3-5-4-2;1-2-3-4-5;2*1-3-4-2;1-2-3-4;1-3-2;1-2-3;2*1-2/h5,7,12H,3-4,6,8-11H2,1-2H3;5-6,11H,3-4,7-10H2,1-2H3;3,5,11H,4,6-10H2,1-2H3;6,9-11H,2-5,7-8H2,1H3;5-6,10H,3-4,7-9H2,1-2H3;3-5H2,1-2H3;5H,2-4H2,1H3;2*3-4H2,1-2H3;4H,2-3H2,1H3;3H2,1-2H3;3H,2H2,1H3;2*1-2H3. The zero-order valence-electron chi connectivity index (χ0n) is 65.2. The smallest absolute Gasteiger partial charge is 0.0751 e. The normalized spacial score (nSPS) is 9.55. The Morgan fingerprint density at radius 1 is 0.264 bits per heavy atom. The Kier molecular flexibility index (Phi) is 244. The highest BCUT2D eigenvalue weighted by atomic mass is 16.3. The summed E-state index contributed by atoms with van der Waals surface area (Å²) in [7, 11) is 0. The average molecular weight is 1250 g/mol. The summed E-state index contributed by atoms with van der Waals surface area (Å²) >= 11 is 0. The van der Waals surface area contributed by atoms with Crippen LogP contribution in [0.3, 0.4) is 0 Å². The predicted octanol–water partition coefficient (Wildman–Crippen LogP) is 23.6. The zero-order valence-corrected chi connectivity index (χ0v) is 65.2. The number of unbranched alkanes of at least 4 members (excludes halogenated alkanes) is 13. The van der Waals surface area contributed by atoms with E-state index in [4.69, 9.17) is 20.4 Å². The van der Waals surface area contributed by atoms with Gasteiger partial charge in [0.05, 0.1) is 6.26 Å². The molecule has 0 fully saturated rings. The van der Waals surface area contributed by atoms with Crippen LogP contribution in [0.1, 0.15) is 365 Å². The minimum Gasteiger partial charge on any atom is -0.516 e. The lowest BCUT2D eigenvalue weighted by Gasteiger charge is -2.00. The molecule has 0 aromatic carbocycles. The van der Waals surface area contributed by atoms with Crippen LogP contribution in [0.25, 0.3) is 0 Å². The van der Waals surface area contributed by atoms with E-state index in [-0.39, 0.29) is 6.61 Å². The van der Waals surface area contributed by atoms with Crippen LogP contribution in [0.4, 0.5) is 0 Å². The van der Waals surface area contributed by atoms with Gasteiger partial charge in [0.2, 0.25) is 0 Å². The number of allylic oxidation sites excluding steroid dienone is 9. The van der Waals surface area contributed by atoms with Crippen molar-refractivity contribution in [1.29, 1.82) is 0 Å². The molecule has 0 unspecified atom stereocenters. The van der Waals surface area contributed by atoms with Crippen molar-refractivity contribution in [2.24, 2.45) is 0 Å².